The highest BCUT2D eigenvalue weighted by atomic mass is 16.6. The number of allylic oxidation sites excluding steroid dienone is 1. The van der Waals surface area contributed by atoms with Gasteiger partial charge >= 0.3 is 0 Å². The smallest absolute Gasteiger partial charge is 0.261 e. The van der Waals surface area contributed by atoms with E-state index in [1.807, 2.05) is 13.8 Å². The van der Waals surface area contributed by atoms with E-state index in [4.69, 9.17) is 0 Å². The van der Waals surface area contributed by atoms with E-state index in [2.05, 4.69) is 12.2 Å². The first-order chi connectivity index (χ1) is 6.57. The van der Waals surface area contributed by atoms with Gasteiger partial charge in [-0.15, -0.1) is 0 Å². The number of rotatable bonds is 7. The molecule has 0 atom stereocenters. The van der Waals surface area contributed by atoms with Crippen LogP contribution in [-0.2, 0) is 0 Å². The van der Waals surface area contributed by atoms with Gasteiger partial charge in [0.1, 0.15) is 0 Å². The number of nitrogens with zero attached hydrogens (tertiary/aromatic N) is 1. The molecule has 0 radical (unpaired) electrons. The van der Waals surface area contributed by atoms with Crippen LogP contribution in [0.4, 0.5) is 0 Å². The highest BCUT2D eigenvalue weighted by molar-refractivity contribution is 4.90. The zero-order valence-electron chi connectivity index (χ0n) is 9.25. The molecule has 0 saturated carbocycles. The molecule has 0 aromatic heterocycles. The largest absolute Gasteiger partial charge is 0.384 e. The molecule has 0 spiro atoms. The zero-order valence-corrected chi connectivity index (χ0v) is 9.25. The minimum Gasteiger partial charge on any atom is -0.384 e. The lowest BCUT2D eigenvalue weighted by atomic mass is 10.2. The quantitative estimate of drug-likeness (QED) is 0.390. The average molecular weight is 200 g/mol. The summed E-state index contributed by atoms with van der Waals surface area (Å²) < 4.78 is 0. The fraction of sp³-hybridized carbons (Fsp3) is 0.800. The second kappa shape index (κ2) is 7.35. The van der Waals surface area contributed by atoms with E-state index in [9.17, 15) is 10.1 Å². The average Bonchev–Trinajstić information content (AvgIpc) is 2.10. The van der Waals surface area contributed by atoms with Crippen molar-refractivity contribution in [3.63, 3.8) is 0 Å². The Labute approximate surface area is 85.5 Å². The number of unbranched alkanes of at least 4 members (excludes halogenated alkanes) is 2. The molecule has 82 valence electrons. The molecule has 4 nitrogen and oxygen atoms in total. The third kappa shape index (κ3) is 6.46. The normalized spacial score (nSPS) is 11.9. The topological polar surface area (TPSA) is 55.2 Å². The summed E-state index contributed by atoms with van der Waals surface area (Å²) in [4.78, 5) is 10.3. The predicted octanol–water partition coefficient (Wildman–Crippen LogP) is 2.68. The van der Waals surface area contributed by atoms with Crippen molar-refractivity contribution in [1.82, 2.24) is 5.32 Å². The highest BCUT2D eigenvalue weighted by Gasteiger charge is 2.09. The first kappa shape index (κ1) is 12.9. The Hall–Kier alpha value is -1.06. The predicted molar refractivity (Wildman–Crippen MR) is 57.5 cm³/mol. The molecule has 0 aliphatic rings. The summed E-state index contributed by atoms with van der Waals surface area (Å²) in [6.45, 7) is 6.00. The minimum absolute atomic E-state index is 0.246. The fourth-order valence-electron chi connectivity index (χ4n) is 1.04. The molecule has 0 bridgehead atoms. The second-order valence-electron chi connectivity index (χ2n) is 3.67. The van der Waals surface area contributed by atoms with Gasteiger partial charge in [-0.05, 0) is 20.3 Å². The number of nitro groups is 1. The third-order valence-corrected chi connectivity index (χ3v) is 1.85. The molecule has 0 aromatic rings. The van der Waals surface area contributed by atoms with E-state index < -0.39 is 0 Å². The molecule has 0 aromatic carbocycles. The summed E-state index contributed by atoms with van der Waals surface area (Å²) >= 11 is 0. The Kier molecular flexibility index (Phi) is 6.80. The van der Waals surface area contributed by atoms with Gasteiger partial charge in [-0.2, -0.15) is 0 Å². The van der Waals surface area contributed by atoms with Crippen LogP contribution in [-0.4, -0.2) is 11.0 Å². The van der Waals surface area contributed by atoms with Crippen LogP contribution in [0.2, 0.25) is 0 Å². The molecular formula is C10H20N2O2. The zero-order chi connectivity index (χ0) is 11.0. The van der Waals surface area contributed by atoms with Gasteiger partial charge in [0.15, 0.2) is 0 Å². The summed E-state index contributed by atoms with van der Waals surface area (Å²) in [5, 5.41) is 13.6. The van der Waals surface area contributed by atoms with E-state index in [0.717, 1.165) is 19.3 Å². The number of hydrogen-bond donors (Lipinski definition) is 1. The molecule has 1 N–H and O–H groups in total. The van der Waals surface area contributed by atoms with Crippen LogP contribution in [0.15, 0.2) is 11.9 Å². The molecule has 0 aliphatic heterocycles. The monoisotopic (exact) mass is 200 g/mol. The van der Waals surface area contributed by atoms with Crippen molar-refractivity contribution in [3.05, 3.63) is 22.0 Å². The molecule has 0 saturated heterocycles. The summed E-state index contributed by atoms with van der Waals surface area (Å²) in [6.07, 6.45) is 5.11. The first-order valence-electron chi connectivity index (χ1n) is 5.17. The van der Waals surface area contributed by atoms with Crippen LogP contribution < -0.4 is 5.32 Å². The Morgan fingerprint density at radius 1 is 1.50 bits per heavy atom. The van der Waals surface area contributed by atoms with E-state index in [1.165, 1.54) is 6.20 Å². The fourth-order valence-corrected chi connectivity index (χ4v) is 1.04. The Morgan fingerprint density at radius 3 is 2.57 bits per heavy atom. The van der Waals surface area contributed by atoms with Crippen molar-refractivity contribution >= 4 is 0 Å². The molecule has 4 heteroatoms. The third-order valence-electron chi connectivity index (χ3n) is 1.85. The molecule has 0 rings (SSSR count). The van der Waals surface area contributed by atoms with Crippen LogP contribution in [0.1, 0.15) is 46.5 Å². The van der Waals surface area contributed by atoms with E-state index in [-0.39, 0.29) is 16.7 Å². The van der Waals surface area contributed by atoms with Crippen molar-refractivity contribution < 1.29 is 4.92 Å². The Morgan fingerprint density at radius 2 is 2.14 bits per heavy atom. The van der Waals surface area contributed by atoms with E-state index in [0.29, 0.717) is 6.42 Å². The van der Waals surface area contributed by atoms with Gasteiger partial charge in [-0.1, -0.05) is 19.8 Å². The van der Waals surface area contributed by atoms with Crippen molar-refractivity contribution in [2.24, 2.45) is 0 Å². The molecule has 0 amide bonds. The van der Waals surface area contributed by atoms with Gasteiger partial charge in [-0.25, -0.2) is 0 Å². The standard InChI is InChI=1S/C10H20N2O2/c1-4-5-6-7-10(12(13)14)8-11-9(2)3/h8-9,11H,4-7H2,1-3H3/b10-8+. The van der Waals surface area contributed by atoms with Gasteiger partial charge in [0.25, 0.3) is 5.70 Å². The molecule has 0 heterocycles. The highest BCUT2D eigenvalue weighted by Crippen LogP contribution is 2.08. The first-order valence-corrected chi connectivity index (χ1v) is 5.17. The SMILES string of the molecule is CCCCC/C(=C\NC(C)C)[N+](=O)[O-]. The lowest BCUT2D eigenvalue weighted by molar-refractivity contribution is -0.428. The summed E-state index contributed by atoms with van der Waals surface area (Å²) in [6, 6.07) is 0.246. The lowest BCUT2D eigenvalue weighted by Gasteiger charge is -2.04. The van der Waals surface area contributed by atoms with Crippen LogP contribution in [0, 0.1) is 10.1 Å². The second-order valence-corrected chi connectivity index (χ2v) is 3.67. The number of hydrogen-bond acceptors (Lipinski definition) is 3. The van der Waals surface area contributed by atoms with E-state index in [1.54, 1.807) is 0 Å². The van der Waals surface area contributed by atoms with Gasteiger partial charge < -0.3 is 5.32 Å². The van der Waals surface area contributed by atoms with Crippen molar-refractivity contribution in [3.8, 4) is 0 Å². The summed E-state index contributed by atoms with van der Waals surface area (Å²) in [7, 11) is 0. The van der Waals surface area contributed by atoms with Crippen LogP contribution in [0.5, 0.6) is 0 Å². The molecular weight excluding hydrogens is 180 g/mol. The van der Waals surface area contributed by atoms with Crippen LogP contribution >= 0.6 is 0 Å². The molecule has 0 fully saturated rings. The minimum atomic E-state index is -0.301. The summed E-state index contributed by atoms with van der Waals surface area (Å²) in [5.41, 5.74) is 0.284. The van der Waals surface area contributed by atoms with Crippen LogP contribution in [0.3, 0.4) is 0 Å². The van der Waals surface area contributed by atoms with Crippen LogP contribution in [0.25, 0.3) is 0 Å². The lowest BCUT2D eigenvalue weighted by Crippen LogP contribution is -2.17. The Bertz CT molecular complexity index is 200. The Balaban J connectivity index is 4.01. The van der Waals surface area contributed by atoms with Gasteiger partial charge in [0.2, 0.25) is 0 Å². The molecule has 0 unspecified atom stereocenters. The van der Waals surface area contributed by atoms with Crippen molar-refractivity contribution in [1.29, 1.82) is 0 Å². The molecule has 14 heavy (non-hydrogen) atoms. The van der Waals surface area contributed by atoms with Gasteiger partial charge in [0, 0.05) is 12.5 Å². The maximum Gasteiger partial charge on any atom is 0.261 e. The van der Waals surface area contributed by atoms with Crippen molar-refractivity contribution in [2.45, 2.75) is 52.5 Å². The summed E-state index contributed by atoms with van der Waals surface area (Å²) in [5.74, 6) is 0. The van der Waals surface area contributed by atoms with Crippen molar-refractivity contribution in [2.75, 3.05) is 0 Å². The van der Waals surface area contributed by atoms with E-state index >= 15 is 0 Å². The maximum absolute atomic E-state index is 10.6. The van der Waals surface area contributed by atoms with Gasteiger partial charge in [-0.3, -0.25) is 10.1 Å². The maximum atomic E-state index is 10.6. The molecule has 0 aliphatic carbocycles. The number of nitrogens with one attached hydrogen (secondary N) is 1. The van der Waals surface area contributed by atoms with Gasteiger partial charge in [0.05, 0.1) is 11.1 Å².